The van der Waals surface area contributed by atoms with Gasteiger partial charge in [0.1, 0.15) is 6.17 Å². The van der Waals surface area contributed by atoms with Crippen molar-refractivity contribution in [2.75, 3.05) is 7.11 Å². The highest BCUT2D eigenvalue weighted by molar-refractivity contribution is 5.89. The second-order valence-corrected chi connectivity index (χ2v) is 12.0. The number of nitrogens with zero attached hydrogens (tertiary/aromatic N) is 1. The van der Waals surface area contributed by atoms with Crippen molar-refractivity contribution >= 4 is 5.71 Å². The molecule has 0 aromatic rings. The molecule has 0 amide bonds. The number of aliphatic hydroxyl groups is 1. The van der Waals surface area contributed by atoms with Gasteiger partial charge in [0.2, 0.25) is 0 Å². The highest BCUT2D eigenvalue weighted by Crippen LogP contribution is 2.53. The van der Waals surface area contributed by atoms with Gasteiger partial charge in [-0.1, -0.05) is 59.8 Å². The monoisotopic (exact) mass is 496 g/mol. The predicted molar refractivity (Wildman–Crippen MR) is 149 cm³/mol. The molecular weight excluding hydrogens is 456 g/mol. The van der Waals surface area contributed by atoms with Crippen LogP contribution in [0, 0.1) is 17.8 Å². The second kappa shape index (κ2) is 9.80. The molecule has 7 aliphatic rings. The van der Waals surface area contributed by atoms with Crippen molar-refractivity contribution in [3.8, 4) is 0 Å². The summed E-state index contributed by atoms with van der Waals surface area (Å²) in [5, 5.41) is 15.2. The molecule has 0 aromatic heterocycles. The van der Waals surface area contributed by atoms with E-state index in [0.717, 1.165) is 44.9 Å². The molecule has 4 heteroatoms. The Kier molecular flexibility index (Phi) is 6.31. The number of aliphatic imine (C=N–C) groups is 1. The second-order valence-electron chi connectivity index (χ2n) is 12.0. The van der Waals surface area contributed by atoms with E-state index in [4.69, 9.17) is 9.73 Å². The van der Waals surface area contributed by atoms with E-state index in [1.54, 1.807) is 29.4 Å². The Morgan fingerprint density at radius 1 is 1.03 bits per heavy atom. The first-order valence-corrected chi connectivity index (χ1v) is 14.6. The van der Waals surface area contributed by atoms with Crippen LogP contribution < -0.4 is 5.32 Å². The molecule has 37 heavy (non-hydrogen) atoms. The Balaban J connectivity index is 1.22. The molecule has 7 unspecified atom stereocenters. The number of rotatable bonds is 4. The van der Waals surface area contributed by atoms with Crippen molar-refractivity contribution in [2.45, 2.75) is 88.6 Å². The molecule has 0 aromatic carbocycles. The van der Waals surface area contributed by atoms with Gasteiger partial charge in [0.15, 0.2) is 0 Å². The Morgan fingerprint density at radius 3 is 2.81 bits per heavy atom. The molecule has 0 saturated heterocycles. The molecule has 1 aliphatic heterocycles. The molecule has 1 saturated carbocycles. The maximum Gasteiger partial charge on any atom is 0.125 e. The maximum atomic E-state index is 11.2. The average molecular weight is 497 g/mol. The molecule has 1 fully saturated rings. The Morgan fingerprint density at radius 2 is 1.97 bits per heavy atom. The van der Waals surface area contributed by atoms with Crippen LogP contribution in [0.1, 0.15) is 64.2 Å². The number of aliphatic hydroxyl groups excluding tert-OH is 1. The van der Waals surface area contributed by atoms with Crippen LogP contribution in [0.3, 0.4) is 0 Å². The van der Waals surface area contributed by atoms with Gasteiger partial charge < -0.3 is 9.84 Å². The number of allylic oxidation sites excluding steroid dienone is 11. The highest BCUT2D eigenvalue weighted by atomic mass is 16.5. The Labute approximate surface area is 221 Å². The third-order valence-corrected chi connectivity index (χ3v) is 10.0. The van der Waals surface area contributed by atoms with E-state index in [1.165, 1.54) is 29.7 Å². The van der Waals surface area contributed by atoms with Gasteiger partial charge in [0.25, 0.3) is 0 Å². The summed E-state index contributed by atoms with van der Waals surface area (Å²) in [7, 11) is 1.77. The zero-order valence-corrected chi connectivity index (χ0v) is 22.0. The fourth-order valence-corrected chi connectivity index (χ4v) is 8.10. The lowest BCUT2D eigenvalue weighted by molar-refractivity contribution is -0.00409. The summed E-state index contributed by atoms with van der Waals surface area (Å²) in [6.07, 6.45) is 29.3. The lowest BCUT2D eigenvalue weighted by Gasteiger charge is -2.46. The van der Waals surface area contributed by atoms with Crippen LogP contribution in [0.15, 0.2) is 87.0 Å². The van der Waals surface area contributed by atoms with Crippen LogP contribution >= 0.6 is 0 Å². The van der Waals surface area contributed by atoms with E-state index >= 15 is 0 Å². The number of ether oxygens (including phenoxy) is 1. The standard InChI is InChI=1S/C33H40N2O2/c1-37-24-14-17-27(30(36)18-24)29-19-28(34-33(35-29)23-6-3-2-4-7-23)25-15-12-22-11-10-20-8-5-9-21-13-16-26(25)32(22)31(20)21/h3,5-8,12-13,16,24-25,27-28,30,32-34,36H,2,4,9-11,14-15,17-19H2,1H3. The quantitative estimate of drug-likeness (QED) is 0.466. The van der Waals surface area contributed by atoms with Crippen molar-refractivity contribution in [1.82, 2.24) is 5.32 Å². The smallest absolute Gasteiger partial charge is 0.125 e. The van der Waals surface area contributed by atoms with Gasteiger partial charge in [0.05, 0.1) is 12.2 Å². The zero-order chi connectivity index (χ0) is 24.9. The van der Waals surface area contributed by atoms with E-state index < -0.39 is 0 Å². The number of hydrogen-bond donors (Lipinski definition) is 2. The molecular formula is C33H40N2O2. The molecule has 0 radical (unpaired) electrons. The first-order chi connectivity index (χ1) is 18.2. The van der Waals surface area contributed by atoms with Crippen molar-refractivity contribution in [1.29, 1.82) is 0 Å². The summed E-state index contributed by atoms with van der Waals surface area (Å²) in [4.78, 5) is 5.30. The van der Waals surface area contributed by atoms with Crippen molar-refractivity contribution in [3.05, 3.63) is 82.0 Å². The SMILES string of the molecule is COC1CCC(C2=NC(C3=CCCC=C3)NC(C3CC=C4CCC5=C6C(=CC=C3C46)CC=C5)C2)C(O)C1. The largest absolute Gasteiger partial charge is 0.392 e. The lowest BCUT2D eigenvalue weighted by Crippen LogP contribution is -2.52. The number of nitrogens with one attached hydrogen (secondary N) is 1. The number of methoxy groups -OCH3 is 1. The lowest BCUT2D eigenvalue weighted by atomic mass is 9.61. The van der Waals surface area contributed by atoms with Crippen molar-refractivity contribution in [2.24, 2.45) is 22.7 Å². The van der Waals surface area contributed by atoms with Crippen LogP contribution in [0.2, 0.25) is 0 Å². The predicted octanol–water partition coefficient (Wildman–Crippen LogP) is 6.05. The van der Waals surface area contributed by atoms with Crippen LogP contribution in [0.25, 0.3) is 0 Å². The molecule has 4 nitrogen and oxygen atoms in total. The van der Waals surface area contributed by atoms with E-state index in [-0.39, 0.29) is 24.3 Å². The fourth-order valence-electron chi connectivity index (χ4n) is 8.10. The van der Waals surface area contributed by atoms with Gasteiger partial charge in [0, 0.05) is 49.5 Å². The fraction of sp³-hybridized carbons (Fsp3) is 0.545. The molecule has 0 spiro atoms. The van der Waals surface area contributed by atoms with Crippen LogP contribution in [0.4, 0.5) is 0 Å². The summed E-state index contributed by atoms with van der Waals surface area (Å²) >= 11 is 0. The highest BCUT2D eigenvalue weighted by Gasteiger charge is 2.44. The molecule has 0 bridgehead atoms. The van der Waals surface area contributed by atoms with Crippen molar-refractivity contribution < 1.29 is 9.84 Å². The first-order valence-electron chi connectivity index (χ1n) is 14.6. The average Bonchev–Trinajstić information content (AvgIpc) is 2.96. The van der Waals surface area contributed by atoms with Gasteiger partial charge in [-0.25, -0.2) is 0 Å². The topological polar surface area (TPSA) is 53.8 Å². The molecule has 7 rings (SSSR count). The third-order valence-electron chi connectivity index (χ3n) is 10.0. The van der Waals surface area contributed by atoms with Crippen molar-refractivity contribution in [3.63, 3.8) is 0 Å². The molecule has 2 N–H and O–H groups in total. The van der Waals surface area contributed by atoms with E-state index in [0.29, 0.717) is 24.3 Å². The number of hydrogen-bond acceptors (Lipinski definition) is 4. The van der Waals surface area contributed by atoms with Crippen LogP contribution in [0.5, 0.6) is 0 Å². The minimum Gasteiger partial charge on any atom is -0.392 e. The zero-order valence-electron chi connectivity index (χ0n) is 22.0. The summed E-state index contributed by atoms with van der Waals surface area (Å²) in [6.45, 7) is 0. The van der Waals surface area contributed by atoms with Gasteiger partial charge in [-0.05, 0) is 73.7 Å². The summed E-state index contributed by atoms with van der Waals surface area (Å²) in [5.41, 5.74) is 10.5. The third kappa shape index (κ3) is 4.22. The van der Waals surface area contributed by atoms with Crippen LogP contribution in [-0.4, -0.2) is 42.3 Å². The van der Waals surface area contributed by atoms with Gasteiger partial charge in [-0.3, -0.25) is 10.3 Å². The molecule has 6 aliphatic carbocycles. The Bertz CT molecular complexity index is 1210. The normalized spacial score (nSPS) is 38.8. The molecule has 7 atom stereocenters. The van der Waals surface area contributed by atoms with Gasteiger partial charge in [-0.15, -0.1) is 0 Å². The van der Waals surface area contributed by atoms with Gasteiger partial charge >= 0.3 is 0 Å². The Hall–Kier alpha value is -2.27. The maximum absolute atomic E-state index is 11.2. The first kappa shape index (κ1) is 23.8. The minimum atomic E-state index is -0.370. The molecule has 1 heterocycles. The summed E-state index contributed by atoms with van der Waals surface area (Å²) in [6, 6.07) is 0.324. The van der Waals surface area contributed by atoms with E-state index in [9.17, 15) is 5.11 Å². The van der Waals surface area contributed by atoms with E-state index in [2.05, 4.69) is 53.9 Å². The minimum absolute atomic E-state index is 0.0166. The summed E-state index contributed by atoms with van der Waals surface area (Å²) in [5.74, 6) is 1.07. The van der Waals surface area contributed by atoms with Crippen LogP contribution in [-0.2, 0) is 4.74 Å². The van der Waals surface area contributed by atoms with E-state index in [1.807, 2.05) is 0 Å². The van der Waals surface area contributed by atoms with Gasteiger partial charge in [-0.2, -0.15) is 0 Å². The molecule has 194 valence electrons. The summed E-state index contributed by atoms with van der Waals surface area (Å²) < 4.78 is 5.60.